The standard InChI is InChI=1S/C19H25N3O3/c1-3-4-5-8-12-22(14-18(23)20-17-11-13-25-21-17)19(24)16-10-7-6-9-15(16)2/h6-7,9-11,13H,3-5,8,12,14H2,1-2H3,(H,20,21,23). The van der Waals surface area contributed by atoms with Crippen LogP contribution < -0.4 is 5.32 Å². The maximum atomic E-state index is 12.9. The normalized spacial score (nSPS) is 10.5. The van der Waals surface area contributed by atoms with Gasteiger partial charge in [0.1, 0.15) is 12.8 Å². The van der Waals surface area contributed by atoms with E-state index in [-0.39, 0.29) is 18.4 Å². The topological polar surface area (TPSA) is 75.4 Å². The summed E-state index contributed by atoms with van der Waals surface area (Å²) in [5.41, 5.74) is 1.54. The van der Waals surface area contributed by atoms with E-state index >= 15 is 0 Å². The first kappa shape index (κ1) is 18.7. The van der Waals surface area contributed by atoms with Crippen LogP contribution in [0.5, 0.6) is 0 Å². The number of nitrogens with one attached hydrogen (secondary N) is 1. The number of nitrogens with zero attached hydrogens (tertiary/aromatic N) is 2. The molecule has 1 heterocycles. The van der Waals surface area contributed by atoms with E-state index in [0.717, 1.165) is 31.2 Å². The molecule has 0 bridgehead atoms. The average molecular weight is 343 g/mol. The van der Waals surface area contributed by atoms with Crippen LogP contribution in [-0.2, 0) is 4.79 Å². The minimum atomic E-state index is -0.286. The number of rotatable bonds is 9. The molecule has 1 N–H and O–H groups in total. The minimum absolute atomic E-state index is 0.00779. The summed E-state index contributed by atoms with van der Waals surface area (Å²) in [7, 11) is 0. The summed E-state index contributed by atoms with van der Waals surface area (Å²) < 4.78 is 4.70. The van der Waals surface area contributed by atoms with Gasteiger partial charge >= 0.3 is 0 Å². The van der Waals surface area contributed by atoms with Crippen LogP contribution in [0.1, 0.15) is 48.5 Å². The van der Waals surface area contributed by atoms with Gasteiger partial charge in [-0.2, -0.15) is 0 Å². The van der Waals surface area contributed by atoms with Gasteiger partial charge in [-0.15, -0.1) is 0 Å². The molecule has 0 fully saturated rings. The van der Waals surface area contributed by atoms with E-state index in [0.29, 0.717) is 17.9 Å². The second-order valence-electron chi connectivity index (χ2n) is 6.04. The van der Waals surface area contributed by atoms with Gasteiger partial charge < -0.3 is 14.7 Å². The second kappa shape index (κ2) is 9.61. The molecule has 6 heteroatoms. The molecular formula is C19H25N3O3. The van der Waals surface area contributed by atoms with Crippen LogP contribution in [0.4, 0.5) is 5.82 Å². The molecule has 1 aromatic carbocycles. The molecule has 0 saturated carbocycles. The van der Waals surface area contributed by atoms with E-state index in [2.05, 4.69) is 17.4 Å². The number of carbonyl (C=O) groups is 2. The van der Waals surface area contributed by atoms with Gasteiger partial charge in [-0.3, -0.25) is 9.59 Å². The van der Waals surface area contributed by atoms with Crippen LogP contribution in [-0.4, -0.2) is 35.0 Å². The third kappa shape index (κ3) is 5.74. The van der Waals surface area contributed by atoms with E-state index in [9.17, 15) is 9.59 Å². The van der Waals surface area contributed by atoms with E-state index < -0.39 is 0 Å². The number of hydrogen-bond donors (Lipinski definition) is 1. The van der Waals surface area contributed by atoms with Crippen molar-refractivity contribution < 1.29 is 14.1 Å². The maximum Gasteiger partial charge on any atom is 0.254 e. The van der Waals surface area contributed by atoms with Crippen LogP contribution in [0.3, 0.4) is 0 Å². The Hall–Kier alpha value is -2.63. The molecule has 1 aromatic heterocycles. The van der Waals surface area contributed by atoms with Crippen LogP contribution in [0.2, 0.25) is 0 Å². The van der Waals surface area contributed by atoms with Crippen molar-refractivity contribution in [2.45, 2.75) is 39.5 Å². The second-order valence-corrected chi connectivity index (χ2v) is 6.04. The molecule has 25 heavy (non-hydrogen) atoms. The summed E-state index contributed by atoms with van der Waals surface area (Å²) in [5.74, 6) is -0.0597. The van der Waals surface area contributed by atoms with Crippen molar-refractivity contribution in [3.05, 3.63) is 47.7 Å². The highest BCUT2D eigenvalue weighted by Gasteiger charge is 2.20. The van der Waals surface area contributed by atoms with Crippen molar-refractivity contribution >= 4 is 17.6 Å². The highest BCUT2D eigenvalue weighted by molar-refractivity contribution is 5.99. The highest BCUT2D eigenvalue weighted by atomic mass is 16.5. The molecule has 6 nitrogen and oxygen atoms in total. The fraction of sp³-hybridized carbons (Fsp3) is 0.421. The van der Waals surface area contributed by atoms with Crippen molar-refractivity contribution in [2.75, 3.05) is 18.4 Å². The van der Waals surface area contributed by atoms with E-state index in [1.165, 1.54) is 6.26 Å². The summed E-state index contributed by atoms with van der Waals surface area (Å²) in [6, 6.07) is 9.00. The van der Waals surface area contributed by atoms with Crippen LogP contribution in [0, 0.1) is 6.92 Å². The number of amides is 2. The predicted octanol–water partition coefficient (Wildman–Crippen LogP) is 3.64. The van der Waals surface area contributed by atoms with Crippen molar-refractivity contribution in [1.82, 2.24) is 10.1 Å². The van der Waals surface area contributed by atoms with E-state index in [4.69, 9.17) is 4.52 Å². The van der Waals surface area contributed by atoms with Gasteiger partial charge in [0.25, 0.3) is 5.91 Å². The van der Waals surface area contributed by atoms with E-state index in [1.54, 1.807) is 17.0 Å². The summed E-state index contributed by atoms with van der Waals surface area (Å²) in [5, 5.41) is 6.29. The Morgan fingerprint density at radius 3 is 2.64 bits per heavy atom. The van der Waals surface area contributed by atoms with Gasteiger partial charge in [0, 0.05) is 18.2 Å². The molecule has 0 spiro atoms. The van der Waals surface area contributed by atoms with Crippen LogP contribution >= 0.6 is 0 Å². The summed E-state index contributed by atoms with van der Waals surface area (Å²) in [4.78, 5) is 26.7. The van der Waals surface area contributed by atoms with Crippen molar-refractivity contribution in [2.24, 2.45) is 0 Å². The smallest absolute Gasteiger partial charge is 0.254 e. The zero-order chi connectivity index (χ0) is 18.1. The summed E-state index contributed by atoms with van der Waals surface area (Å²) in [6.07, 6.45) is 5.55. The quantitative estimate of drug-likeness (QED) is 0.705. The SMILES string of the molecule is CCCCCCN(CC(=O)Nc1ccon1)C(=O)c1ccccc1C. The zero-order valence-corrected chi connectivity index (χ0v) is 14.8. The summed E-state index contributed by atoms with van der Waals surface area (Å²) >= 11 is 0. The highest BCUT2D eigenvalue weighted by Crippen LogP contribution is 2.12. The Morgan fingerprint density at radius 2 is 1.96 bits per heavy atom. The molecule has 0 aliphatic carbocycles. The third-order valence-electron chi connectivity index (χ3n) is 3.98. The molecule has 0 unspecified atom stereocenters. The Labute approximate surface area is 148 Å². The molecule has 0 saturated heterocycles. The van der Waals surface area contributed by atoms with Crippen molar-refractivity contribution in [3.63, 3.8) is 0 Å². The van der Waals surface area contributed by atoms with Gasteiger partial charge in [-0.05, 0) is 25.0 Å². The molecular weight excluding hydrogens is 318 g/mol. The molecule has 2 rings (SSSR count). The maximum absolute atomic E-state index is 12.9. The van der Waals surface area contributed by atoms with Crippen LogP contribution in [0.15, 0.2) is 41.1 Å². The van der Waals surface area contributed by atoms with E-state index in [1.807, 2.05) is 25.1 Å². The minimum Gasteiger partial charge on any atom is -0.363 e. The number of aromatic nitrogens is 1. The largest absolute Gasteiger partial charge is 0.363 e. The number of anilines is 1. The van der Waals surface area contributed by atoms with Gasteiger partial charge in [0.05, 0.1) is 0 Å². The van der Waals surface area contributed by atoms with Gasteiger partial charge in [0.2, 0.25) is 5.91 Å². The lowest BCUT2D eigenvalue weighted by atomic mass is 10.1. The monoisotopic (exact) mass is 343 g/mol. The molecule has 2 aromatic rings. The molecule has 134 valence electrons. The Morgan fingerprint density at radius 1 is 1.16 bits per heavy atom. The van der Waals surface area contributed by atoms with Crippen LogP contribution in [0.25, 0.3) is 0 Å². The third-order valence-corrected chi connectivity index (χ3v) is 3.98. The lowest BCUT2D eigenvalue weighted by Crippen LogP contribution is -2.39. The van der Waals surface area contributed by atoms with Gasteiger partial charge in [-0.25, -0.2) is 0 Å². The van der Waals surface area contributed by atoms with Crippen molar-refractivity contribution in [3.8, 4) is 0 Å². The number of benzene rings is 1. The van der Waals surface area contributed by atoms with Gasteiger partial charge in [0.15, 0.2) is 5.82 Å². The van der Waals surface area contributed by atoms with Gasteiger partial charge in [-0.1, -0.05) is 49.5 Å². The number of unbranched alkanes of at least 4 members (excludes halogenated alkanes) is 3. The molecule has 0 atom stereocenters. The number of hydrogen-bond acceptors (Lipinski definition) is 4. The molecule has 2 amide bonds. The first-order chi connectivity index (χ1) is 12.1. The Kier molecular flexibility index (Phi) is 7.19. The fourth-order valence-electron chi connectivity index (χ4n) is 2.60. The number of aryl methyl sites for hydroxylation is 1. The lowest BCUT2D eigenvalue weighted by molar-refractivity contribution is -0.117. The predicted molar refractivity (Wildman–Crippen MR) is 96.4 cm³/mol. The molecule has 0 aliphatic rings. The lowest BCUT2D eigenvalue weighted by Gasteiger charge is -2.23. The molecule has 0 radical (unpaired) electrons. The fourth-order valence-corrected chi connectivity index (χ4v) is 2.60. The Bertz CT molecular complexity index is 683. The Balaban J connectivity index is 2.04. The van der Waals surface area contributed by atoms with Crippen molar-refractivity contribution in [1.29, 1.82) is 0 Å². The summed E-state index contributed by atoms with van der Waals surface area (Å²) in [6.45, 7) is 4.59. The number of carbonyl (C=O) groups excluding carboxylic acids is 2. The first-order valence-electron chi connectivity index (χ1n) is 8.67. The average Bonchev–Trinajstić information content (AvgIpc) is 3.10. The first-order valence-corrected chi connectivity index (χ1v) is 8.67. The zero-order valence-electron chi connectivity index (χ0n) is 14.8. The molecule has 0 aliphatic heterocycles.